The Morgan fingerprint density at radius 1 is 0.500 bits per heavy atom. The molecule has 0 aliphatic carbocycles. The highest BCUT2D eigenvalue weighted by Gasteiger charge is 2.25. The van der Waals surface area contributed by atoms with E-state index in [0.29, 0.717) is 37.6 Å². The van der Waals surface area contributed by atoms with Gasteiger partial charge in [-0.1, -0.05) is 114 Å². The van der Waals surface area contributed by atoms with Crippen molar-refractivity contribution >= 4 is 0 Å². The molecule has 0 spiro atoms. The molecule has 0 amide bonds. The highest BCUT2D eigenvalue weighted by Crippen LogP contribution is 2.36. The van der Waals surface area contributed by atoms with Gasteiger partial charge >= 0.3 is 0 Å². The molecule has 240 valence electrons. The Bertz CT molecular complexity index is 1490. The first-order chi connectivity index (χ1) is 22.0. The first kappa shape index (κ1) is 35.5. The predicted molar refractivity (Wildman–Crippen MR) is 193 cm³/mol. The fourth-order valence-electron chi connectivity index (χ4n) is 5.17. The SMILES string of the molecule is C=CCOc1ccc(C(C)(C)c2ccc(OCC=C)cc2)cc1.C=CCc1cc(C(C)(C)c2ccc(O)c(CC=C)c2)ccc1O. The topological polar surface area (TPSA) is 58.9 Å². The zero-order valence-electron chi connectivity index (χ0n) is 27.8. The van der Waals surface area contributed by atoms with E-state index in [-0.39, 0.29) is 10.8 Å². The minimum absolute atomic E-state index is 0.0894. The predicted octanol–water partition coefficient (Wildman–Crippen LogP) is 10.0. The van der Waals surface area contributed by atoms with Gasteiger partial charge in [0.05, 0.1) is 0 Å². The van der Waals surface area contributed by atoms with Crippen LogP contribution in [0.5, 0.6) is 23.0 Å². The van der Waals surface area contributed by atoms with Crippen LogP contribution in [0.15, 0.2) is 136 Å². The monoisotopic (exact) mass is 616 g/mol. The lowest BCUT2D eigenvalue weighted by atomic mass is 9.77. The molecule has 0 heterocycles. The van der Waals surface area contributed by atoms with Crippen molar-refractivity contribution in [1.82, 2.24) is 0 Å². The van der Waals surface area contributed by atoms with Crippen LogP contribution in [0, 0.1) is 0 Å². The number of hydrogen-bond donors (Lipinski definition) is 2. The molecule has 0 saturated heterocycles. The molecule has 0 fully saturated rings. The van der Waals surface area contributed by atoms with Crippen LogP contribution in [0.3, 0.4) is 0 Å². The molecular formula is C42H48O4. The summed E-state index contributed by atoms with van der Waals surface area (Å²) in [5.74, 6) is 2.31. The van der Waals surface area contributed by atoms with Crippen molar-refractivity contribution in [3.8, 4) is 23.0 Å². The van der Waals surface area contributed by atoms with Gasteiger partial charge in [0.1, 0.15) is 36.2 Å². The molecule has 2 N–H and O–H groups in total. The van der Waals surface area contributed by atoms with Crippen molar-refractivity contribution in [2.75, 3.05) is 13.2 Å². The molecular weight excluding hydrogens is 568 g/mol. The minimum atomic E-state index is -0.243. The first-order valence-electron chi connectivity index (χ1n) is 15.5. The van der Waals surface area contributed by atoms with E-state index in [1.54, 1.807) is 36.4 Å². The molecule has 0 bridgehead atoms. The van der Waals surface area contributed by atoms with Crippen LogP contribution in [0.25, 0.3) is 0 Å². The second-order valence-electron chi connectivity index (χ2n) is 12.2. The maximum atomic E-state index is 9.96. The summed E-state index contributed by atoms with van der Waals surface area (Å²) < 4.78 is 11.1. The second kappa shape index (κ2) is 16.4. The van der Waals surface area contributed by atoms with Crippen LogP contribution in [0.4, 0.5) is 0 Å². The molecule has 46 heavy (non-hydrogen) atoms. The van der Waals surface area contributed by atoms with Crippen molar-refractivity contribution in [1.29, 1.82) is 0 Å². The van der Waals surface area contributed by atoms with E-state index >= 15 is 0 Å². The fourth-order valence-corrected chi connectivity index (χ4v) is 5.17. The van der Waals surface area contributed by atoms with Gasteiger partial charge in [-0.15, -0.1) is 13.2 Å². The number of phenolic OH excluding ortho intramolecular Hbond substituents is 2. The lowest BCUT2D eigenvalue weighted by molar-refractivity contribution is 0.363. The number of allylic oxidation sites excluding steroid dienone is 2. The Labute approximate surface area is 275 Å². The average Bonchev–Trinajstić information content (AvgIpc) is 3.05. The Morgan fingerprint density at radius 2 is 0.826 bits per heavy atom. The standard InChI is InChI=1S/2C21H24O2/c1-5-15-22-19-11-7-17(8-12-19)21(3,4)18-9-13-20(14-10-18)23-16-6-2;1-5-7-15-13-17(9-11-19(15)22)21(3,4)18-10-12-20(23)16(14-18)8-6-2/h5-14H,1-2,15-16H2,3-4H3;5-6,9-14,22-23H,1-2,7-8H2,3-4H3. The fraction of sp³-hybridized carbons (Fsp3) is 0.238. The highest BCUT2D eigenvalue weighted by atomic mass is 16.5. The summed E-state index contributed by atoms with van der Waals surface area (Å²) >= 11 is 0. The second-order valence-corrected chi connectivity index (χ2v) is 12.2. The van der Waals surface area contributed by atoms with Gasteiger partial charge in [0.15, 0.2) is 0 Å². The van der Waals surface area contributed by atoms with Crippen molar-refractivity contribution < 1.29 is 19.7 Å². The third-order valence-electron chi connectivity index (χ3n) is 8.22. The summed E-state index contributed by atoms with van der Waals surface area (Å²) in [6.07, 6.45) is 8.32. The summed E-state index contributed by atoms with van der Waals surface area (Å²) in [7, 11) is 0. The Kier molecular flexibility index (Phi) is 12.6. The zero-order chi connectivity index (χ0) is 33.7. The van der Waals surface area contributed by atoms with Crippen molar-refractivity contribution in [2.24, 2.45) is 0 Å². The first-order valence-corrected chi connectivity index (χ1v) is 15.5. The number of ether oxygens (including phenoxy) is 2. The molecule has 0 atom stereocenters. The molecule has 4 nitrogen and oxygen atoms in total. The molecule has 0 aromatic heterocycles. The smallest absolute Gasteiger partial charge is 0.119 e. The third kappa shape index (κ3) is 9.04. The van der Waals surface area contributed by atoms with E-state index in [4.69, 9.17) is 9.47 Å². The van der Waals surface area contributed by atoms with Crippen LogP contribution < -0.4 is 9.47 Å². The van der Waals surface area contributed by atoms with Gasteiger partial charge in [-0.3, -0.25) is 0 Å². The quantitative estimate of drug-likeness (QED) is 0.138. The largest absolute Gasteiger partial charge is 0.508 e. The van der Waals surface area contributed by atoms with E-state index in [0.717, 1.165) is 33.8 Å². The van der Waals surface area contributed by atoms with Gasteiger partial charge in [-0.2, -0.15) is 0 Å². The summed E-state index contributed by atoms with van der Waals surface area (Å²) in [5, 5.41) is 19.9. The number of phenols is 2. The molecule has 4 aromatic carbocycles. The molecule has 4 heteroatoms. The Hall–Kier alpha value is -4.96. The molecule has 0 aliphatic heterocycles. The molecule has 0 radical (unpaired) electrons. The third-order valence-corrected chi connectivity index (χ3v) is 8.22. The van der Waals surface area contributed by atoms with Gasteiger partial charge in [-0.05, 0) is 82.6 Å². The number of rotatable bonds is 14. The Morgan fingerprint density at radius 3 is 1.15 bits per heavy atom. The summed E-state index contributed by atoms with van der Waals surface area (Å²) in [6.45, 7) is 24.6. The highest BCUT2D eigenvalue weighted by molar-refractivity contribution is 5.48. The normalized spacial score (nSPS) is 11.0. The van der Waals surface area contributed by atoms with Crippen LogP contribution in [0.2, 0.25) is 0 Å². The van der Waals surface area contributed by atoms with Gasteiger partial charge < -0.3 is 19.7 Å². The van der Waals surface area contributed by atoms with Crippen molar-refractivity contribution in [3.63, 3.8) is 0 Å². The molecule has 4 aromatic rings. The molecule has 0 saturated carbocycles. The van der Waals surface area contributed by atoms with Crippen LogP contribution in [0.1, 0.15) is 61.1 Å². The molecule has 0 unspecified atom stereocenters. The Balaban J connectivity index is 0.000000250. The summed E-state index contributed by atoms with van der Waals surface area (Å²) in [4.78, 5) is 0. The summed E-state index contributed by atoms with van der Waals surface area (Å²) in [5.41, 5.74) is 6.11. The van der Waals surface area contributed by atoms with Gasteiger partial charge in [0.25, 0.3) is 0 Å². The van der Waals surface area contributed by atoms with E-state index in [1.165, 1.54) is 11.1 Å². The summed E-state index contributed by atoms with van der Waals surface area (Å²) in [6, 6.07) is 27.9. The number of aromatic hydroxyl groups is 2. The van der Waals surface area contributed by atoms with Crippen molar-refractivity contribution in [2.45, 2.75) is 51.4 Å². The average molecular weight is 617 g/mol. The van der Waals surface area contributed by atoms with E-state index < -0.39 is 0 Å². The van der Waals surface area contributed by atoms with E-state index in [1.807, 2.05) is 48.5 Å². The maximum absolute atomic E-state index is 9.96. The minimum Gasteiger partial charge on any atom is -0.508 e. The van der Waals surface area contributed by atoms with Crippen LogP contribution in [-0.4, -0.2) is 23.4 Å². The van der Waals surface area contributed by atoms with E-state index in [9.17, 15) is 10.2 Å². The van der Waals surface area contributed by atoms with Crippen molar-refractivity contribution in [3.05, 3.63) is 169 Å². The number of benzene rings is 4. The number of hydrogen-bond acceptors (Lipinski definition) is 4. The molecule has 0 aliphatic rings. The van der Waals surface area contributed by atoms with Crippen LogP contribution in [-0.2, 0) is 23.7 Å². The zero-order valence-corrected chi connectivity index (χ0v) is 27.8. The maximum Gasteiger partial charge on any atom is 0.119 e. The van der Waals surface area contributed by atoms with Gasteiger partial charge in [-0.25, -0.2) is 0 Å². The lowest BCUT2D eigenvalue weighted by Crippen LogP contribution is -2.19. The molecule has 4 rings (SSSR count). The van der Waals surface area contributed by atoms with E-state index in [2.05, 4.69) is 78.3 Å². The van der Waals surface area contributed by atoms with Gasteiger partial charge in [0, 0.05) is 10.8 Å². The lowest BCUT2D eigenvalue weighted by Gasteiger charge is -2.27. The van der Waals surface area contributed by atoms with Crippen LogP contribution >= 0.6 is 0 Å². The van der Waals surface area contributed by atoms with Gasteiger partial charge in [0.2, 0.25) is 0 Å².